The number of amides is 1. The van der Waals surface area contributed by atoms with Crippen LogP contribution in [-0.4, -0.2) is 67.2 Å². The van der Waals surface area contributed by atoms with Crippen LogP contribution in [0, 0.1) is 0 Å². The topological polar surface area (TPSA) is 97.8 Å². The second-order valence-corrected chi connectivity index (χ2v) is 9.15. The van der Waals surface area contributed by atoms with Crippen molar-refractivity contribution in [3.05, 3.63) is 53.6 Å². The second-order valence-electron chi connectivity index (χ2n) is 9.15. The zero-order chi connectivity index (χ0) is 23.3. The highest BCUT2D eigenvalue weighted by Gasteiger charge is 2.51. The lowest BCUT2D eigenvalue weighted by Gasteiger charge is -2.39. The molecular weight excluding hydrogens is 440 g/mol. The fraction of sp³-hybridized carbons (Fsp3) is 0.440. The summed E-state index contributed by atoms with van der Waals surface area (Å²) in [7, 11) is 0. The molecule has 4 heterocycles. The van der Waals surface area contributed by atoms with Crippen LogP contribution in [0.5, 0.6) is 11.5 Å². The standard InChI is InChI=1S/C25H26N2O7/c28-20(17-5-6-21-22(13-17)32-16-31-21)14-25(30)18-3-1-2-4-19(18)27(23(25)29)15-26-9-7-24(8-10-26)33-11-12-34-24/h1-6,13,30H,7-12,14-16H2. The number of piperidine rings is 1. The van der Waals surface area contributed by atoms with Crippen molar-refractivity contribution < 1.29 is 33.6 Å². The number of Topliss-reactive ketones (excluding diaryl/α,β-unsaturated/α-hetero) is 1. The Hall–Kier alpha value is -2.98. The average Bonchev–Trinajstić information content (AvgIpc) is 3.56. The first-order valence-electron chi connectivity index (χ1n) is 11.5. The second kappa shape index (κ2) is 8.06. The Kier molecular flexibility index (Phi) is 5.11. The van der Waals surface area contributed by atoms with E-state index in [4.69, 9.17) is 18.9 Å². The van der Waals surface area contributed by atoms with Crippen molar-refractivity contribution in [3.8, 4) is 11.5 Å². The quantitative estimate of drug-likeness (QED) is 0.669. The van der Waals surface area contributed by atoms with Gasteiger partial charge in [-0.2, -0.15) is 0 Å². The van der Waals surface area contributed by atoms with Gasteiger partial charge in [0.15, 0.2) is 28.7 Å². The van der Waals surface area contributed by atoms with Gasteiger partial charge in [-0.3, -0.25) is 19.4 Å². The summed E-state index contributed by atoms with van der Waals surface area (Å²) in [6.07, 6.45) is 1.09. The van der Waals surface area contributed by atoms with Crippen molar-refractivity contribution in [2.45, 2.75) is 30.7 Å². The highest BCUT2D eigenvalue weighted by molar-refractivity contribution is 6.10. The van der Waals surface area contributed by atoms with Crippen LogP contribution in [0.2, 0.25) is 0 Å². The number of likely N-dealkylation sites (tertiary alicyclic amines) is 1. The van der Waals surface area contributed by atoms with E-state index in [2.05, 4.69) is 4.90 Å². The van der Waals surface area contributed by atoms with Crippen LogP contribution in [0.25, 0.3) is 0 Å². The predicted molar refractivity (Wildman–Crippen MR) is 120 cm³/mol. The minimum absolute atomic E-state index is 0.105. The number of carbonyl (C=O) groups is 2. The molecule has 1 amide bonds. The molecule has 1 atom stereocenters. The molecule has 0 aliphatic carbocycles. The first kappa shape index (κ1) is 21.5. The van der Waals surface area contributed by atoms with E-state index in [9.17, 15) is 14.7 Å². The van der Waals surface area contributed by atoms with Crippen molar-refractivity contribution in [3.63, 3.8) is 0 Å². The third-order valence-corrected chi connectivity index (χ3v) is 7.12. The van der Waals surface area contributed by atoms with Gasteiger partial charge < -0.3 is 24.1 Å². The fourth-order valence-electron chi connectivity index (χ4n) is 5.24. The molecule has 2 fully saturated rings. The third kappa shape index (κ3) is 3.47. The minimum atomic E-state index is -1.93. The van der Waals surface area contributed by atoms with Crippen molar-refractivity contribution in [2.75, 3.05) is 44.7 Å². The molecule has 4 aliphatic rings. The third-order valence-electron chi connectivity index (χ3n) is 7.12. The zero-order valence-electron chi connectivity index (χ0n) is 18.7. The summed E-state index contributed by atoms with van der Waals surface area (Å²) in [4.78, 5) is 30.4. The lowest BCUT2D eigenvalue weighted by atomic mass is 9.88. The fourth-order valence-corrected chi connectivity index (χ4v) is 5.24. The van der Waals surface area contributed by atoms with E-state index < -0.39 is 17.3 Å². The molecule has 178 valence electrons. The number of benzene rings is 2. The van der Waals surface area contributed by atoms with Crippen LogP contribution in [-0.2, 0) is 19.9 Å². The van der Waals surface area contributed by atoms with Crippen molar-refractivity contribution in [2.24, 2.45) is 0 Å². The number of ketones is 1. The molecule has 1 N–H and O–H groups in total. The highest BCUT2D eigenvalue weighted by atomic mass is 16.7. The molecule has 4 aliphatic heterocycles. The van der Waals surface area contributed by atoms with Gasteiger partial charge in [-0.05, 0) is 24.3 Å². The molecule has 34 heavy (non-hydrogen) atoms. The van der Waals surface area contributed by atoms with Crippen molar-refractivity contribution in [1.29, 1.82) is 0 Å². The number of nitrogens with zero attached hydrogens (tertiary/aromatic N) is 2. The monoisotopic (exact) mass is 466 g/mol. The van der Waals surface area contributed by atoms with Gasteiger partial charge in [-0.25, -0.2) is 0 Å². The first-order chi connectivity index (χ1) is 16.5. The molecule has 2 aromatic carbocycles. The van der Waals surface area contributed by atoms with Crippen LogP contribution in [0.3, 0.4) is 0 Å². The van der Waals surface area contributed by atoms with Gasteiger partial charge in [0.1, 0.15) is 0 Å². The molecule has 0 bridgehead atoms. The molecule has 1 spiro atoms. The van der Waals surface area contributed by atoms with Gasteiger partial charge in [0.25, 0.3) is 5.91 Å². The summed E-state index contributed by atoms with van der Waals surface area (Å²) in [6.45, 7) is 3.08. The summed E-state index contributed by atoms with van der Waals surface area (Å²) >= 11 is 0. The van der Waals surface area contributed by atoms with E-state index in [1.165, 1.54) is 0 Å². The van der Waals surface area contributed by atoms with Gasteiger partial charge in [-0.15, -0.1) is 0 Å². The minimum Gasteiger partial charge on any atom is -0.454 e. The average molecular weight is 466 g/mol. The number of hydrogen-bond acceptors (Lipinski definition) is 8. The Bertz CT molecular complexity index is 1140. The summed E-state index contributed by atoms with van der Waals surface area (Å²) < 4.78 is 22.3. The number of hydrogen-bond donors (Lipinski definition) is 1. The predicted octanol–water partition coefficient (Wildman–Crippen LogP) is 2.02. The number of anilines is 1. The number of para-hydroxylation sites is 1. The molecule has 2 aromatic rings. The SMILES string of the molecule is O=C(CC1(O)C(=O)N(CN2CCC3(CC2)OCCO3)c2ccccc21)c1ccc2c(c1)OCO2. The Morgan fingerprint density at radius 2 is 1.74 bits per heavy atom. The van der Waals surface area contributed by atoms with Crippen LogP contribution in [0.1, 0.15) is 35.2 Å². The van der Waals surface area contributed by atoms with E-state index in [1.807, 2.05) is 12.1 Å². The Labute approximate surface area is 196 Å². The molecule has 2 saturated heterocycles. The maximum Gasteiger partial charge on any atom is 0.265 e. The van der Waals surface area contributed by atoms with E-state index >= 15 is 0 Å². The molecule has 0 radical (unpaired) electrons. The number of rotatable bonds is 5. The van der Waals surface area contributed by atoms with Gasteiger partial charge >= 0.3 is 0 Å². The van der Waals surface area contributed by atoms with Gasteiger partial charge in [0, 0.05) is 37.1 Å². The largest absolute Gasteiger partial charge is 0.454 e. The lowest BCUT2D eigenvalue weighted by molar-refractivity contribution is -0.185. The molecule has 0 saturated carbocycles. The normalized spacial score (nSPS) is 25.2. The van der Waals surface area contributed by atoms with E-state index in [1.54, 1.807) is 35.2 Å². The van der Waals surface area contributed by atoms with Gasteiger partial charge in [0.05, 0.1) is 32.0 Å². The maximum absolute atomic E-state index is 13.6. The van der Waals surface area contributed by atoms with E-state index in [0.717, 1.165) is 12.8 Å². The summed E-state index contributed by atoms with van der Waals surface area (Å²) in [6, 6.07) is 12.0. The first-order valence-corrected chi connectivity index (χ1v) is 11.5. The maximum atomic E-state index is 13.6. The van der Waals surface area contributed by atoms with Crippen molar-refractivity contribution in [1.82, 2.24) is 4.90 Å². The Morgan fingerprint density at radius 3 is 2.53 bits per heavy atom. The number of ether oxygens (including phenoxy) is 4. The van der Waals surface area contributed by atoms with Gasteiger partial charge in [0.2, 0.25) is 6.79 Å². The van der Waals surface area contributed by atoms with Crippen LogP contribution >= 0.6 is 0 Å². The number of fused-ring (bicyclic) bond motifs is 2. The van der Waals surface area contributed by atoms with Gasteiger partial charge in [-0.1, -0.05) is 18.2 Å². The van der Waals surface area contributed by atoms with E-state index in [0.29, 0.717) is 61.3 Å². The van der Waals surface area contributed by atoms with E-state index in [-0.39, 0.29) is 19.0 Å². The number of aliphatic hydroxyl groups is 1. The Balaban J connectivity index is 1.21. The molecule has 6 rings (SSSR count). The van der Waals surface area contributed by atoms with Crippen LogP contribution < -0.4 is 14.4 Å². The summed E-state index contributed by atoms with van der Waals surface area (Å²) in [5, 5.41) is 11.6. The highest BCUT2D eigenvalue weighted by Crippen LogP contribution is 2.44. The summed E-state index contributed by atoms with van der Waals surface area (Å²) in [5.41, 5.74) is -0.495. The Morgan fingerprint density at radius 1 is 1.00 bits per heavy atom. The van der Waals surface area contributed by atoms with Crippen molar-refractivity contribution >= 4 is 17.4 Å². The molecule has 0 aromatic heterocycles. The molecule has 1 unspecified atom stereocenters. The molecule has 9 nitrogen and oxygen atoms in total. The van der Waals surface area contributed by atoms with Crippen LogP contribution in [0.4, 0.5) is 5.69 Å². The smallest absolute Gasteiger partial charge is 0.265 e. The van der Waals surface area contributed by atoms with Crippen LogP contribution in [0.15, 0.2) is 42.5 Å². The summed E-state index contributed by atoms with van der Waals surface area (Å²) in [5.74, 6) is -0.282. The lowest BCUT2D eigenvalue weighted by Crippen LogP contribution is -2.51. The molecular formula is C25H26N2O7. The number of carbonyl (C=O) groups excluding carboxylic acids is 2. The molecule has 9 heteroatoms. The zero-order valence-corrected chi connectivity index (χ0v) is 18.7.